The number of aromatic amines is 1. The smallest absolute Gasteiger partial charge is 0.169 e. The Morgan fingerprint density at radius 3 is 3.18 bits per heavy atom. The first-order valence-corrected chi connectivity index (χ1v) is 3.29. The van der Waals surface area contributed by atoms with Crippen LogP contribution in [0, 0.1) is 0 Å². The number of rotatable bonds is 1. The number of carbonyl (C=O) groups is 1. The lowest BCUT2D eigenvalue weighted by atomic mass is 10.2. The second-order valence-electron chi connectivity index (χ2n) is 2.25. The van der Waals surface area contributed by atoms with E-state index in [2.05, 4.69) is 9.97 Å². The normalized spacial score (nSPS) is 10.2. The minimum atomic E-state index is 0.490. The van der Waals surface area contributed by atoms with Crippen molar-refractivity contribution >= 4 is 17.2 Å². The molecule has 2 heterocycles. The van der Waals surface area contributed by atoms with Crippen molar-refractivity contribution < 1.29 is 4.79 Å². The topological polar surface area (TPSA) is 45.8 Å². The van der Waals surface area contributed by atoms with Gasteiger partial charge in [-0.05, 0) is 12.1 Å². The van der Waals surface area contributed by atoms with Gasteiger partial charge in [-0.15, -0.1) is 0 Å². The molecule has 3 nitrogen and oxygen atoms in total. The Balaban J connectivity index is 2.88. The maximum atomic E-state index is 10.4. The van der Waals surface area contributed by atoms with Crippen LogP contribution in [0.5, 0.6) is 0 Å². The molecule has 11 heavy (non-hydrogen) atoms. The largest absolute Gasteiger partial charge is 0.361 e. The van der Waals surface area contributed by atoms with Crippen LogP contribution in [-0.2, 0) is 0 Å². The van der Waals surface area contributed by atoms with Crippen molar-refractivity contribution in [3.63, 3.8) is 0 Å². The first-order valence-electron chi connectivity index (χ1n) is 3.29. The molecule has 2 rings (SSSR count). The van der Waals surface area contributed by atoms with Gasteiger partial charge in [0.25, 0.3) is 0 Å². The third-order valence-corrected chi connectivity index (χ3v) is 1.62. The highest BCUT2D eigenvalue weighted by atomic mass is 16.1. The Hall–Kier alpha value is -1.64. The second kappa shape index (κ2) is 2.20. The molecule has 1 N–H and O–H groups in total. The Morgan fingerprint density at radius 1 is 1.45 bits per heavy atom. The third-order valence-electron chi connectivity index (χ3n) is 1.62. The van der Waals surface area contributed by atoms with Gasteiger partial charge in [-0.2, -0.15) is 0 Å². The molecule has 0 amide bonds. The van der Waals surface area contributed by atoms with Crippen LogP contribution < -0.4 is 0 Å². The fourth-order valence-electron chi connectivity index (χ4n) is 1.10. The molecular formula is C8H6N2O. The zero-order chi connectivity index (χ0) is 7.68. The molecule has 3 heteroatoms. The van der Waals surface area contributed by atoms with Crippen LogP contribution in [0.4, 0.5) is 0 Å². The average molecular weight is 146 g/mol. The summed E-state index contributed by atoms with van der Waals surface area (Å²) >= 11 is 0. The highest BCUT2D eigenvalue weighted by molar-refractivity contribution is 5.94. The van der Waals surface area contributed by atoms with Crippen LogP contribution in [0.15, 0.2) is 24.5 Å². The van der Waals surface area contributed by atoms with Crippen molar-refractivity contribution in [2.75, 3.05) is 0 Å². The van der Waals surface area contributed by atoms with Crippen molar-refractivity contribution in [2.45, 2.75) is 0 Å². The van der Waals surface area contributed by atoms with Gasteiger partial charge >= 0.3 is 0 Å². The summed E-state index contributed by atoms with van der Waals surface area (Å²) in [4.78, 5) is 17.3. The lowest BCUT2D eigenvalue weighted by Crippen LogP contribution is -1.85. The number of aldehydes is 1. The lowest BCUT2D eigenvalue weighted by Gasteiger charge is -1.90. The van der Waals surface area contributed by atoms with Crippen molar-refractivity contribution in [2.24, 2.45) is 0 Å². The predicted octanol–water partition coefficient (Wildman–Crippen LogP) is 1.38. The number of nitrogens with zero attached hydrogens (tertiary/aromatic N) is 1. The second-order valence-corrected chi connectivity index (χ2v) is 2.25. The molecule has 0 radical (unpaired) electrons. The molecule has 0 aliphatic carbocycles. The summed E-state index contributed by atoms with van der Waals surface area (Å²) in [5.74, 6) is 0. The summed E-state index contributed by atoms with van der Waals surface area (Å²) in [5.41, 5.74) is 1.44. The first kappa shape index (κ1) is 6.09. The minimum Gasteiger partial charge on any atom is -0.361 e. The molecule has 0 aliphatic rings. The molecule has 54 valence electrons. The highest BCUT2D eigenvalue weighted by Gasteiger charge is 1.99. The number of pyridine rings is 1. The molecular weight excluding hydrogens is 140 g/mol. The average Bonchev–Trinajstić information content (AvgIpc) is 2.50. The fourth-order valence-corrected chi connectivity index (χ4v) is 1.10. The van der Waals surface area contributed by atoms with Crippen LogP contribution in [0.1, 0.15) is 10.5 Å². The molecule has 0 unspecified atom stereocenters. The monoisotopic (exact) mass is 146 g/mol. The van der Waals surface area contributed by atoms with Gasteiger partial charge < -0.3 is 4.98 Å². The predicted molar refractivity (Wildman–Crippen MR) is 41.5 cm³/mol. The molecule has 0 saturated heterocycles. The van der Waals surface area contributed by atoms with Gasteiger partial charge in [-0.1, -0.05) is 0 Å². The van der Waals surface area contributed by atoms with Crippen molar-refractivity contribution in [1.29, 1.82) is 0 Å². The van der Waals surface area contributed by atoms with Crippen molar-refractivity contribution in [1.82, 2.24) is 9.97 Å². The first-order chi connectivity index (χ1) is 5.42. The summed E-state index contributed by atoms with van der Waals surface area (Å²) in [5, 5.41) is 0.877. The zero-order valence-corrected chi connectivity index (χ0v) is 5.74. The molecule has 2 aromatic rings. The quantitative estimate of drug-likeness (QED) is 0.617. The number of nitrogens with one attached hydrogen (secondary N) is 1. The van der Waals surface area contributed by atoms with E-state index in [4.69, 9.17) is 0 Å². The van der Waals surface area contributed by atoms with Gasteiger partial charge in [-0.3, -0.25) is 9.78 Å². The molecule has 0 fully saturated rings. The summed E-state index contributed by atoms with van der Waals surface area (Å²) in [6, 6.07) is 3.68. The maximum Gasteiger partial charge on any atom is 0.169 e. The van der Waals surface area contributed by atoms with Crippen molar-refractivity contribution in [3.05, 3.63) is 30.2 Å². The minimum absolute atomic E-state index is 0.490. The van der Waals surface area contributed by atoms with Gasteiger partial charge in [0.1, 0.15) is 5.69 Å². The molecule has 2 aromatic heterocycles. The van der Waals surface area contributed by atoms with E-state index in [1.807, 2.05) is 12.1 Å². The van der Waals surface area contributed by atoms with E-state index in [1.54, 1.807) is 12.4 Å². The number of carbonyl (C=O) groups excluding carboxylic acids is 1. The standard InChI is InChI=1S/C8H6N2O/c11-5-8-6-1-3-9-7(6)2-4-10-8/h1-5,9H. The maximum absolute atomic E-state index is 10.4. The highest BCUT2D eigenvalue weighted by Crippen LogP contribution is 2.12. The zero-order valence-electron chi connectivity index (χ0n) is 5.74. The lowest BCUT2D eigenvalue weighted by molar-refractivity contribution is 0.112. The van der Waals surface area contributed by atoms with E-state index >= 15 is 0 Å². The molecule has 0 aliphatic heterocycles. The van der Waals surface area contributed by atoms with E-state index in [1.165, 1.54) is 0 Å². The molecule has 0 saturated carbocycles. The van der Waals surface area contributed by atoms with Crippen LogP contribution in [0.3, 0.4) is 0 Å². The number of hydrogen-bond acceptors (Lipinski definition) is 2. The molecule has 0 spiro atoms. The molecule has 0 aromatic carbocycles. The Morgan fingerprint density at radius 2 is 2.36 bits per heavy atom. The number of H-pyrrole nitrogens is 1. The van der Waals surface area contributed by atoms with Gasteiger partial charge in [0.2, 0.25) is 0 Å². The SMILES string of the molecule is O=Cc1nccc2[nH]ccc12. The van der Waals surface area contributed by atoms with Crippen LogP contribution >= 0.6 is 0 Å². The van der Waals surface area contributed by atoms with E-state index in [9.17, 15) is 4.79 Å². The number of aromatic nitrogens is 2. The van der Waals surface area contributed by atoms with E-state index < -0.39 is 0 Å². The summed E-state index contributed by atoms with van der Waals surface area (Å²) < 4.78 is 0. The Kier molecular flexibility index (Phi) is 1.22. The van der Waals surface area contributed by atoms with Crippen LogP contribution in [0.2, 0.25) is 0 Å². The van der Waals surface area contributed by atoms with E-state index in [-0.39, 0.29) is 0 Å². The van der Waals surface area contributed by atoms with E-state index in [0.717, 1.165) is 17.2 Å². The fraction of sp³-hybridized carbons (Fsp3) is 0. The molecule has 0 atom stereocenters. The summed E-state index contributed by atoms with van der Waals surface area (Å²) in [6.45, 7) is 0. The Labute approximate surface area is 63.1 Å². The number of hydrogen-bond donors (Lipinski definition) is 1. The summed E-state index contributed by atoms with van der Waals surface area (Å²) in [6.07, 6.45) is 4.16. The summed E-state index contributed by atoms with van der Waals surface area (Å²) in [7, 11) is 0. The third kappa shape index (κ3) is 0.816. The van der Waals surface area contributed by atoms with Gasteiger partial charge in [0.05, 0.1) is 0 Å². The Bertz CT molecular complexity index is 392. The van der Waals surface area contributed by atoms with Crippen LogP contribution in [-0.4, -0.2) is 16.3 Å². The van der Waals surface area contributed by atoms with Crippen molar-refractivity contribution in [3.8, 4) is 0 Å². The van der Waals surface area contributed by atoms with Crippen LogP contribution in [0.25, 0.3) is 10.9 Å². The van der Waals surface area contributed by atoms with Gasteiger partial charge in [0, 0.05) is 23.3 Å². The number of fused-ring (bicyclic) bond motifs is 1. The molecule has 0 bridgehead atoms. The van der Waals surface area contributed by atoms with Gasteiger partial charge in [0.15, 0.2) is 6.29 Å². The van der Waals surface area contributed by atoms with Gasteiger partial charge in [-0.25, -0.2) is 0 Å². The van der Waals surface area contributed by atoms with E-state index in [0.29, 0.717) is 5.69 Å².